The van der Waals surface area contributed by atoms with Gasteiger partial charge in [0.05, 0.1) is 6.10 Å². The SMILES string of the molecule is CC.CC.CC.COC1CCC2(C)C3=CCC4(C)C(C(C)CCCC(C)C)C=CC4C3CCC2C1.CS. The second kappa shape index (κ2) is 18.2. The summed E-state index contributed by atoms with van der Waals surface area (Å²) in [5, 5.41) is 0. The van der Waals surface area contributed by atoms with E-state index in [1.54, 1.807) is 6.26 Å². The Morgan fingerprint density at radius 1 is 0.919 bits per heavy atom. The summed E-state index contributed by atoms with van der Waals surface area (Å²) in [6, 6.07) is 0. The Balaban J connectivity index is 0.00000148. The summed E-state index contributed by atoms with van der Waals surface area (Å²) in [5.41, 5.74) is 2.75. The molecule has 2 heteroatoms. The van der Waals surface area contributed by atoms with Gasteiger partial charge in [0.15, 0.2) is 0 Å². The first-order valence-electron chi connectivity index (χ1n) is 16.2. The van der Waals surface area contributed by atoms with Crippen LogP contribution in [0.3, 0.4) is 0 Å². The predicted octanol–water partition coefficient (Wildman–Crippen LogP) is 11.4. The van der Waals surface area contributed by atoms with Gasteiger partial charge in [-0.3, -0.25) is 0 Å². The highest BCUT2D eigenvalue weighted by Gasteiger charge is 2.56. The summed E-state index contributed by atoms with van der Waals surface area (Å²) in [7, 11) is 1.91. The smallest absolute Gasteiger partial charge is 0.0574 e. The van der Waals surface area contributed by atoms with Gasteiger partial charge in [-0.1, -0.05) is 119 Å². The van der Waals surface area contributed by atoms with Gasteiger partial charge in [-0.15, -0.1) is 0 Å². The van der Waals surface area contributed by atoms with E-state index in [2.05, 4.69) is 65.5 Å². The molecule has 0 amide bonds. The maximum absolute atomic E-state index is 5.76. The molecule has 8 atom stereocenters. The van der Waals surface area contributed by atoms with E-state index in [0.717, 1.165) is 35.5 Å². The minimum atomic E-state index is 0.439. The highest BCUT2D eigenvalue weighted by Crippen LogP contribution is 2.64. The van der Waals surface area contributed by atoms with Gasteiger partial charge in [0.1, 0.15) is 0 Å². The summed E-state index contributed by atoms with van der Waals surface area (Å²) >= 11 is 3.53. The zero-order valence-corrected chi connectivity index (χ0v) is 28.4. The van der Waals surface area contributed by atoms with Gasteiger partial charge in [-0.05, 0) is 91.1 Å². The van der Waals surface area contributed by atoms with Gasteiger partial charge in [0, 0.05) is 7.11 Å². The van der Waals surface area contributed by atoms with Gasteiger partial charge in [0.25, 0.3) is 0 Å². The summed E-state index contributed by atoms with van der Waals surface area (Å²) in [6.45, 7) is 24.5. The van der Waals surface area contributed by atoms with Crippen molar-refractivity contribution in [1.29, 1.82) is 0 Å². The molecule has 0 bridgehead atoms. The molecule has 0 N–H and O–H groups in total. The monoisotopic (exact) mass is 536 g/mol. The van der Waals surface area contributed by atoms with Crippen molar-refractivity contribution in [3.63, 3.8) is 0 Å². The first kappa shape index (κ1) is 36.8. The van der Waals surface area contributed by atoms with Crippen LogP contribution in [-0.4, -0.2) is 19.5 Å². The Morgan fingerprint density at radius 2 is 1.54 bits per heavy atom. The van der Waals surface area contributed by atoms with E-state index >= 15 is 0 Å². The van der Waals surface area contributed by atoms with Crippen molar-refractivity contribution >= 4 is 12.6 Å². The maximum atomic E-state index is 5.76. The van der Waals surface area contributed by atoms with Crippen LogP contribution in [0, 0.1) is 46.3 Å². The minimum Gasteiger partial charge on any atom is -0.381 e. The van der Waals surface area contributed by atoms with Crippen molar-refractivity contribution in [1.82, 2.24) is 0 Å². The molecular formula is C35H68OS. The lowest BCUT2D eigenvalue weighted by atomic mass is 9.48. The van der Waals surface area contributed by atoms with Gasteiger partial charge in [0.2, 0.25) is 0 Å². The van der Waals surface area contributed by atoms with E-state index in [9.17, 15) is 0 Å². The van der Waals surface area contributed by atoms with E-state index in [4.69, 9.17) is 4.74 Å². The molecule has 4 rings (SSSR count). The Morgan fingerprint density at radius 3 is 2.11 bits per heavy atom. The molecule has 0 aromatic rings. The predicted molar refractivity (Wildman–Crippen MR) is 173 cm³/mol. The number of thiol groups is 1. The van der Waals surface area contributed by atoms with Crippen LogP contribution < -0.4 is 0 Å². The molecular weight excluding hydrogens is 468 g/mol. The molecule has 37 heavy (non-hydrogen) atoms. The van der Waals surface area contributed by atoms with Crippen LogP contribution in [0.5, 0.6) is 0 Å². The van der Waals surface area contributed by atoms with Gasteiger partial charge < -0.3 is 4.74 Å². The zero-order valence-electron chi connectivity index (χ0n) is 27.5. The molecule has 8 unspecified atom stereocenters. The summed E-state index contributed by atoms with van der Waals surface area (Å²) in [6.07, 6.45) is 22.4. The molecule has 0 heterocycles. The second-order valence-corrected chi connectivity index (χ2v) is 12.0. The third-order valence-corrected chi connectivity index (χ3v) is 9.95. The normalized spacial score (nSPS) is 35.8. The highest BCUT2D eigenvalue weighted by molar-refractivity contribution is 7.79. The second-order valence-electron chi connectivity index (χ2n) is 12.0. The highest BCUT2D eigenvalue weighted by atomic mass is 32.1. The number of rotatable bonds is 6. The lowest BCUT2D eigenvalue weighted by molar-refractivity contribution is -0.0275. The van der Waals surface area contributed by atoms with E-state index < -0.39 is 0 Å². The average molecular weight is 537 g/mol. The summed E-state index contributed by atoms with van der Waals surface area (Å²) in [5.74, 6) is 4.85. The number of fused-ring (bicyclic) bond motifs is 5. The maximum Gasteiger partial charge on any atom is 0.0574 e. The fraction of sp³-hybridized carbons (Fsp3) is 0.886. The number of hydrogen-bond acceptors (Lipinski definition) is 2. The Hall–Kier alpha value is -0.210. The zero-order chi connectivity index (χ0) is 28.8. The fourth-order valence-corrected chi connectivity index (χ4v) is 8.07. The molecule has 0 aliphatic heterocycles. The lowest BCUT2D eigenvalue weighted by Crippen LogP contribution is -2.49. The van der Waals surface area contributed by atoms with Crippen molar-refractivity contribution in [3.8, 4) is 0 Å². The lowest BCUT2D eigenvalue weighted by Gasteiger charge is -2.57. The van der Waals surface area contributed by atoms with Crippen LogP contribution in [0.4, 0.5) is 0 Å². The molecule has 4 aliphatic rings. The topological polar surface area (TPSA) is 9.23 Å². The van der Waals surface area contributed by atoms with Crippen molar-refractivity contribution < 1.29 is 4.74 Å². The van der Waals surface area contributed by atoms with E-state index in [0.29, 0.717) is 16.9 Å². The Labute approximate surface area is 240 Å². The van der Waals surface area contributed by atoms with E-state index in [1.165, 1.54) is 57.8 Å². The molecule has 0 aromatic heterocycles. The largest absolute Gasteiger partial charge is 0.381 e. The number of ether oxygens (including phenoxy) is 1. The molecule has 0 aromatic carbocycles. The third kappa shape index (κ3) is 8.39. The fourth-order valence-electron chi connectivity index (χ4n) is 8.07. The van der Waals surface area contributed by atoms with Crippen LogP contribution in [0.2, 0.25) is 0 Å². The first-order chi connectivity index (χ1) is 17.8. The Bertz CT molecular complexity index is 652. The van der Waals surface area contributed by atoms with Gasteiger partial charge in [-0.2, -0.15) is 12.6 Å². The molecule has 0 spiro atoms. The van der Waals surface area contributed by atoms with Gasteiger partial charge in [-0.25, -0.2) is 0 Å². The quantitative estimate of drug-likeness (QED) is 0.262. The van der Waals surface area contributed by atoms with Crippen LogP contribution in [0.25, 0.3) is 0 Å². The minimum absolute atomic E-state index is 0.439. The van der Waals surface area contributed by atoms with E-state index in [1.807, 2.05) is 54.2 Å². The van der Waals surface area contributed by atoms with Crippen LogP contribution in [0.15, 0.2) is 23.8 Å². The van der Waals surface area contributed by atoms with Crippen LogP contribution >= 0.6 is 12.6 Å². The first-order valence-corrected chi connectivity index (χ1v) is 17.1. The molecule has 0 saturated heterocycles. The van der Waals surface area contributed by atoms with Crippen molar-refractivity contribution in [3.05, 3.63) is 23.8 Å². The number of methoxy groups -OCH3 is 1. The standard InChI is InChI=1S/C28H46O.3C2H6.CH4S/c1-19(2)8-7-9-20(3)24-12-13-25-23-11-10-21-18-22(29-6)14-16-27(21,4)26(23)15-17-28(24,25)5;4*1-2/h12-13,15,19-25H,7-11,14,16-18H2,1-6H3;3*1-2H3;2H,1H3. The average Bonchev–Trinajstić information content (AvgIpc) is 3.30. The van der Waals surface area contributed by atoms with Gasteiger partial charge >= 0.3 is 0 Å². The Kier molecular flexibility index (Phi) is 18.1. The molecule has 1 nitrogen and oxygen atoms in total. The third-order valence-electron chi connectivity index (χ3n) is 9.95. The van der Waals surface area contributed by atoms with Crippen molar-refractivity contribution in [2.75, 3.05) is 13.4 Å². The number of allylic oxidation sites excluding steroid dienone is 4. The van der Waals surface area contributed by atoms with Crippen LogP contribution in [0.1, 0.15) is 134 Å². The molecule has 4 aliphatic carbocycles. The van der Waals surface area contributed by atoms with Crippen molar-refractivity contribution in [2.24, 2.45) is 46.3 Å². The molecule has 2 saturated carbocycles. The summed E-state index contributed by atoms with van der Waals surface area (Å²) < 4.78 is 5.76. The summed E-state index contributed by atoms with van der Waals surface area (Å²) in [4.78, 5) is 0. The number of hydrogen-bond donors (Lipinski definition) is 1. The molecule has 0 radical (unpaired) electrons. The van der Waals surface area contributed by atoms with Crippen molar-refractivity contribution in [2.45, 2.75) is 140 Å². The molecule has 220 valence electrons. The van der Waals surface area contributed by atoms with E-state index in [-0.39, 0.29) is 0 Å². The molecule has 2 fully saturated rings. The van der Waals surface area contributed by atoms with Crippen LogP contribution in [-0.2, 0) is 4.74 Å².